The summed E-state index contributed by atoms with van der Waals surface area (Å²) in [5.74, 6) is 3.17. The van der Waals surface area contributed by atoms with E-state index in [4.69, 9.17) is 18.9 Å². The van der Waals surface area contributed by atoms with E-state index in [2.05, 4.69) is 9.97 Å². The first-order valence-electron chi connectivity index (χ1n) is 6.70. The van der Waals surface area contributed by atoms with Crippen molar-refractivity contribution in [1.82, 2.24) is 9.97 Å². The predicted octanol–water partition coefficient (Wildman–Crippen LogP) is 3.16. The number of benzene rings is 2. The van der Waals surface area contributed by atoms with Crippen molar-refractivity contribution in [2.24, 2.45) is 0 Å². The second-order valence-electron chi connectivity index (χ2n) is 4.68. The van der Waals surface area contributed by atoms with Gasteiger partial charge in [-0.2, -0.15) is 0 Å². The van der Waals surface area contributed by atoms with Gasteiger partial charge in [0.05, 0.1) is 18.0 Å². The van der Waals surface area contributed by atoms with Gasteiger partial charge in [-0.1, -0.05) is 0 Å². The highest BCUT2D eigenvalue weighted by Crippen LogP contribution is 2.37. The van der Waals surface area contributed by atoms with E-state index in [9.17, 15) is 0 Å². The first-order chi connectivity index (χ1) is 10.8. The third-order valence-electron chi connectivity index (χ3n) is 3.36. The van der Waals surface area contributed by atoms with Gasteiger partial charge >= 0.3 is 0 Å². The highest BCUT2D eigenvalue weighted by Gasteiger charge is 2.15. The van der Waals surface area contributed by atoms with Gasteiger partial charge in [-0.15, -0.1) is 0 Å². The lowest BCUT2D eigenvalue weighted by molar-refractivity contribution is 0.174. The molecule has 0 amide bonds. The molecule has 4 rings (SSSR count). The van der Waals surface area contributed by atoms with Gasteiger partial charge in [0.1, 0.15) is 17.8 Å². The minimum absolute atomic E-state index is 0.229. The summed E-state index contributed by atoms with van der Waals surface area (Å²) in [4.78, 5) is 8.44. The van der Waals surface area contributed by atoms with Crippen molar-refractivity contribution in [3.8, 4) is 28.9 Å². The molecule has 1 aliphatic rings. The molecule has 0 fully saturated rings. The average Bonchev–Trinajstić information content (AvgIpc) is 3.02. The Balaban J connectivity index is 1.74. The van der Waals surface area contributed by atoms with E-state index in [0.29, 0.717) is 23.1 Å². The lowest BCUT2D eigenvalue weighted by atomic mass is 10.2. The molecule has 0 atom stereocenters. The van der Waals surface area contributed by atoms with Crippen molar-refractivity contribution in [2.45, 2.75) is 0 Å². The smallest absolute Gasteiger partial charge is 0.231 e. The number of ether oxygens (including phenoxy) is 4. The van der Waals surface area contributed by atoms with E-state index in [1.165, 1.54) is 6.33 Å². The van der Waals surface area contributed by atoms with Crippen molar-refractivity contribution < 1.29 is 18.9 Å². The van der Waals surface area contributed by atoms with E-state index in [1.807, 2.05) is 30.3 Å². The number of hydrogen-bond acceptors (Lipinski definition) is 6. The first kappa shape index (κ1) is 12.7. The number of hydrogen-bond donors (Lipinski definition) is 0. The van der Waals surface area contributed by atoms with Gasteiger partial charge in [0.15, 0.2) is 11.5 Å². The Hall–Kier alpha value is -3.02. The zero-order valence-corrected chi connectivity index (χ0v) is 11.8. The number of nitrogens with zero attached hydrogens (tertiary/aromatic N) is 2. The first-order valence-corrected chi connectivity index (χ1v) is 6.70. The second kappa shape index (κ2) is 5.07. The Morgan fingerprint density at radius 2 is 1.82 bits per heavy atom. The number of methoxy groups -OCH3 is 1. The molecule has 2 aromatic carbocycles. The maximum atomic E-state index is 5.87. The van der Waals surface area contributed by atoms with E-state index in [-0.39, 0.29) is 6.79 Å². The van der Waals surface area contributed by atoms with E-state index < -0.39 is 0 Å². The van der Waals surface area contributed by atoms with Crippen molar-refractivity contribution in [1.29, 1.82) is 0 Å². The summed E-state index contributed by atoms with van der Waals surface area (Å²) in [5.41, 5.74) is 0.784. The van der Waals surface area contributed by atoms with Gasteiger partial charge in [-0.3, -0.25) is 0 Å². The molecule has 6 heteroatoms. The van der Waals surface area contributed by atoms with Crippen molar-refractivity contribution in [3.63, 3.8) is 0 Å². The zero-order valence-electron chi connectivity index (χ0n) is 11.8. The van der Waals surface area contributed by atoms with Crippen LogP contribution in [0.25, 0.3) is 10.9 Å². The second-order valence-corrected chi connectivity index (χ2v) is 4.68. The fraction of sp³-hybridized carbons (Fsp3) is 0.125. The van der Waals surface area contributed by atoms with Crippen LogP contribution >= 0.6 is 0 Å². The van der Waals surface area contributed by atoms with Gasteiger partial charge < -0.3 is 18.9 Å². The largest absolute Gasteiger partial charge is 0.497 e. The lowest BCUT2D eigenvalue weighted by Gasteiger charge is -2.09. The van der Waals surface area contributed by atoms with Gasteiger partial charge in [0.2, 0.25) is 12.7 Å². The molecule has 0 bridgehead atoms. The third kappa shape index (κ3) is 2.14. The predicted molar refractivity (Wildman–Crippen MR) is 78.7 cm³/mol. The SMILES string of the molecule is COc1ccc2ncnc(Oc3ccc4c(c3)OCO4)c2c1. The Labute approximate surface area is 126 Å². The molecule has 0 saturated carbocycles. The summed E-state index contributed by atoms with van der Waals surface area (Å²) in [6.45, 7) is 0.229. The molecule has 0 radical (unpaired) electrons. The van der Waals surface area contributed by atoms with Crippen LogP contribution in [0.15, 0.2) is 42.7 Å². The fourth-order valence-corrected chi connectivity index (χ4v) is 2.27. The van der Waals surface area contributed by atoms with Crippen LogP contribution in [0.2, 0.25) is 0 Å². The number of rotatable bonds is 3. The standard InChI is InChI=1S/C16H12N2O4/c1-19-10-2-4-13-12(6-10)16(18-8-17-13)22-11-3-5-14-15(7-11)21-9-20-14/h2-8H,9H2,1H3. The Morgan fingerprint density at radius 3 is 2.73 bits per heavy atom. The van der Waals surface area contributed by atoms with E-state index >= 15 is 0 Å². The monoisotopic (exact) mass is 296 g/mol. The summed E-state index contributed by atoms with van der Waals surface area (Å²) in [6.07, 6.45) is 1.47. The van der Waals surface area contributed by atoms with Crippen molar-refractivity contribution in [2.75, 3.05) is 13.9 Å². The van der Waals surface area contributed by atoms with Crippen LogP contribution in [0.1, 0.15) is 0 Å². The van der Waals surface area contributed by atoms with Crippen LogP contribution < -0.4 is 18.9 Å². The van der Waals surface area contributed by atoms with Crippen molar-refractivity contribution in [3.05, 3.63) is 42.7 Å². The summed E-state index contributed by atoms with van der Waals surface area (Å²) < 4.78 is 21.7. The Morgan fingerprint density at radius 1 is 0.955 bits per heavy atom. The molecule has 2 heterocycles. The van der Waals surface area contributed by atoms with Crippen LogP contribution in [0.5, 0.6) is 28.9 Å². The number of fused-ring (bicyclic) bond motifs is 2. The minimum Gasteiger partial charge on any atom is -0.497 e. The highest BCUT2D eigenvalue weighted by atomic mass is 16.7. The molecule has 0 saturated heterocycles. The molecular weight excluding hydrogens is 284 g/mol. The summed E-state index contributed by atoms with van der Waals surface area (Å²) >= 11 is 0. The quantitative estimate of drug-likeness (QED) is 0.740. The summed E-state index contributed by atoms with van der Waals surface area (Å²) in [5, 5.41) is 0.777. The van der Waals surface area contributed by atoms with Crippen LogP contribution in [0.4, 0.5) is 0 Å². The van der Waals surface area contributed by atoms with Crippen LogP contribution in [-0.4, -0.2) is 23.9 Å². The average molecular weight is 296 g/mol. The molecule has 6 nitrogen and oxygen atoms in total. The summed E-state index contributed by atoms with van der Waals surface area (Å²) in [6, 6.07) is 10.9. The molecule has 22 heavy (non-hydrogen) atoms. The maximum absolute atomic E-state index is 5.87. The zero-order chi connectivity index (χ0) is 14.9. The van der Waals surface area contributed by atoms with E-state index in [1.54, 1.807) is 13.2 Å². The van der Waals surface area contributed by atoms with Crippen LogP contribution in [0, 0.1) is 0 Å². The molecule has 110 valence electrons. The topological polar surface area (TPSA) is 62.7 Å². The highest BCUT2D eigenvalue weighted by molar-refractivity contribution is 5.84. The van der Waals surface area contributed by atoms with Crippen molar-refractivity contribution >= 4 is 10.9 Å². The van der Waals surface area contributed by atoms with Crippen LogP contribution in [-0.2, 0) is 0 Å². The lowest BCUT2D eigenvalue weighted by Crippen LogP contribution is -1.93. The molecule has 0 aliphatic carbocycles. The minimum atomic E-state index is 0.229. The maximum Gasteiger partial charge on any atom is 0.231 e. The Bertz CT molecular complexity index is 851. The van der Waals surface area contributed by atoms with Gasteiger partial charge in [-0.05, 0) is 30.3 Å². The van der Waals surface area contributed by atoms with Crippen LogP contribution in [0.3, 0.4) is 0 Å². The van der Waals surface area contributed by atoms with Gasteiger partial charge in [0.25, 0.3) is 0 Å². The number of aromatic nitrogens is 2. The molecule has 0 spiro atoms. The molecule has 0 unspecified atom stereocenters. The molecule has 0 N–H and O–H groups in total. The molecule has 1 aliphatic heterocycles. The Kier molecular flexibility index (Phi) is 2.93. The fourth-order valence-electron chi connectivity index (χ4n) is 2.27. The molecule has 1 aromatic heterocycles. The summed E-state index contributed by atoms with van der Waals surface area (Å²) in [7, 11) is 1.61. The molecule has 3 aromatic rings. The van der Waals surface area contributed by atoms with E-state index in [0.717, 1.165) is 16.7 Å². The molecular formula is C16H12N2O4. The van der Waals surface area contributed by atoms with Gasteiger partial charge in [0, 0.05) is 6.07 Å². The van der Waals surface area contributed by atoms with Gasteiger partial charge in [-0.25, -0.2) is 9.97 Å². The third-order valence-corrected chi connectivity index (χ3v) is 3.36. The normalized spacial score (nSPS) is 12.4.